The van der Waals surface area contributed by atoms with Gasteiger partial charge in [-0.2, -0.15) is 10.2 Å². The lowest BCUT2D eigenvalue weighted by atomic mass is 10.2. The van der Waals surface area contributed by atoms with Gasteiger partial charge in [0.05, 0.1) is 4.90 Å². The van der Waals surface area contributed by atoms with E-state index in [0.29, 0.717) is 11.4 Å². The molecule has 0 amide bonds. The quantitative estimate of drug-likeness (QED) is 0.430. The van der Waals surface area contributed by atoms with E-state index in [0.717, 1.165) is 11.6 Å². The maximum Gasteiger partial charge on any atom is 0.269 e. The Hall–Kier alpha value is -4.22. The molecule has 0 saturated heterocycles. The van der Waals surface area contributed by atoms with Crippen LogP contribution in [0.3, 0.4) is 0 Å². The first kappa shape index (κ1) is 21.0. The molecule has 0 bridgehead atoms. The highest BCUT2D eigenvalue weighted by Gasteiger charge is 2.23. The van der Waals surface area contributed by atoms with Crippen molar-refractivity contribution in [2.45, 2.75) is 11.8 Å². The molecule has 0 fully saturated rings. The number of aryl methyl sites for hydroxylation is 1. The normalized spacial score (nSPS) is 11.8. The summed E-state index contributed by atoms with van der Waals surface area (Å²) in [5, 5.41) is 9.65. The largest absolute Gasteiger partial charge is 0.438 e. The minimum absolute atomic E-state index is 0.0528. The summed E-state index contributed by atoms with van der Waals surface area (Å²) in [6.45, 7) is 1.80. The van der Waals surface area contributed by atoms with Crippen molar-refractivity contribution in [3.05, 3.63) is 105 Å². The summed E-state index contributed by atoms with van der Waals surface area (Å²) in [5.41, 5.74) is 0.397. The second-order valence-electron chi connectivity index (χ2n) is 6.87. The number of rotatable bonds is 5. The van der Waals surface area contributed by atoms with Crippen LogP contribution in [0.25, 0.3) is 11.7 Å². The van der Waals surface area contributed by atoms with Gasteiger partial charge in [-0.15, -0.1) is 0 Å². The Morgan fingerprint density at radius 3 is 2.34 bits per heavy atom. The number of allylic oxidation sites excluding steroid dienone is 1. The lowest BCUT2D eigenvalue weighted by Gasteiger charge is -2.11. The number of fused-ring (bicyclic) bond motifs is 1. The number of pyridine rings is 1. The van der Waals surface area contributed by atoms with E-state index in [1.165, 1.54) is 22.7 Å². The van der Waals surface area contributed by atoms with Gasteiger partial charge in [0.1, 0.15) is 27.9 Å². The van der Waals surface area contributed by atoms with Crippen LogP contribution in [0, 0.1) is 18.3 Å². The van der Waals surface area contributed by atoms with Crippen molar-refractivity contribution in [1.29, 1.82) is 5.26 Å². The molecule has 0 saturated carbocycles. The fraction of sp³-hybridized carbons (Fsp3) is 0.0417. The van der Waals surface area contributed by atoms with Crippen molar-refractivity contribution in [2.75, 3.05) is 0 Å². The number of nitrogens with zero attached hydrogens (tertiary/aromatic N) is 3. The third-order valence-corrected chi connectivity index (χ3v) is 6.42. The highest BCUT2D eigenvalue weighted by Crippen LogP contribution is 2.27. The summed E-state index contributed by atoms with van der Waals surface area (Å²) < 4.78 is 33.1. The monoisotopic (exact) mass is 443 g/mol. The van der Waals surface area contributed by atoms with Gasteiger partial charge in [0.2, 0.25) is 15.7 Å². The summed E-state index contributed by atoms with van der Waals surface area (Å²) in [7, 11) is -4.15. The van der Waals surface area contributed by atoms with Gasteiger partial charge in [0.15, 0.2) is 0 Å². The molecule has 4 rings (SSSR count). The molecule has 0 aliphatic heterocycles. The predicted octanol–water partition coefficient (Wildman–Crippen LogP) is 4.13. The Morgan fingerprint density at radius 1 is 1.03 bits per heavy atom. The molecule has 2 aromatic heterocycles. The van der Waals surface area contributed by atoms with Gasteiger partial charge in [-0.1, -0.05) is 42.5 Å². The van der Waals surface area contributed by atoms with Crippen LogP contribution in [0.2, 0.25) is 0 Å². The number of ether oxygens (including phenoxy) is 1. The molecular formula is C24H17N3O4S. The maximum atomic E-state index is 13.3. The smallest absolute Gasteiger partial charge is 0.269 e. The minimum atomic E-state index is -4.15. The van der Waals surface area contributed by atoms with E-state index in [9.17, 15) is 18.5 Å². The van der Waals surface area contributed by atoms with Gasteiger partial charge in [-0.3, -0.25) is 9.20 Å². The van der Waals surface area contributed by atoms with Crippen LogP contribution in [-0.2, 0) is 9.84 Å². The van der Waals surface area contributed by atoms with Crippen LogP contribution >= 0.6 is 0 Å². The van der Waals surface area contributed by atoms with Crippen molar-refractivity contribution >= 4 is 21.6 Å². The zero-order valence-electron chi connectivity index (χ0n) is 17.0. The van der Waals surface area contributed by atoms with E-state index in [1.54, 1.807) is 73.7 Å². The molecule has 0 N–H and O–H groups in total. The number of hydrogen-bond donors (Lipinski definition) is 0. The van der Waals surface area contributed by atoms with Crippen LogP contribution in [0.5, 0.6) is 11.6 Å². The van der Waals surface area contributed by atoms with Crippen LogP contribution in [0.1, 0.15) is 11.1 Å². The second-order valence-corrected chi connectivity index (χ2v) is 8.79. The minimum Gasteiger partial charge on any atom is -0.438 e. The first-order valence-electron chi connectivity index (χ1n) is 9.58. The molecule has 4 aromatic rings. The van der Waals surface area contributed by atoms with Gasteiger partial charge in [0.25, 0.3) is 5.56 Å². The van der Waals surface area contributed by atoms with Crippen LogP contribution in [0.15, 0.2) is 93.6 Å². The Labute approximate surface area is 184 Å². The Kier molecular flexibility index (Phi) is 5.58. The zero-order chi connectivity index (χ0) is 22.7. The Morgan fingerprint density at radius 2 is 1.69 bits per heavy atom. The highest BCUT2D eigenvalue weighted by molar-refractivity contribution is 7.95. The molecule has 0 aliphatic carbocycles. The number of sulfone groups is 1. The van der Waals surface area contributed by atoms with E-state index >= 15 is 0 Å². The van der Waals surface area contributed by atoms with Gasteiger partial charge >= 0.3 is 0 Å². The van der Waals surface area contributed by atoms with Crippen molar-refractivity contribution in [1.82, 2.24) is 9.38 Å². The van der Waals surface area contributed by atoms with Crippen molar-refractivity contribution in [3.63, 3.8) is 0 Å². The first-order chi connectivity index (χ1) is 15.4. The van der Waals surface area contributed by atoms with Crippen LogP contribution < -0.4 is 10.3 Å². The number of benzene rings is 2. The molecule has 0 atom stereocenters. The zero-order valence-corrected chi connectivity index (χ0v) is 17.8. The molecule has 2 heterocycles. The van der Waals surface area contributed by atoms with Gasteiger partial charge < -0.3 is 4.74 Å². The number of hydrogen-bond acceptors (Lipinski definition) is 6. The van der Waals surface area contributed by atoms with E-state index in [4.69, 9.17) is 4.74 Å². The first-order valence-corrected chi connectivity index (χ1v) is 11.1. The van der Waals surface area contributed by atoms with E-state index in [1.807, 2.05) is 0 Å². The summed E-state index contributed by atoms with van der Waals surface area (Å²) >= 11 is 0. The van der Waals surface area contributed by atoms with Crippen molar-refractivity contribution in [2.24, 2.45) is 0 Å². The molecule has 8 heteroatoms. The molecule has 0 aliphatic rings. The molecule has 7 nitrogen and oxygen atoms in total. The molecule has 158 valence electrons. The van der Waals surface area contributed by atoms with E-state index in [2.05, 4.69) is 4.98 Å². The molecule has 32 heavy (non-hydrogen) atoms. The number of nitriles is 1. The summed E-state index contributed by atoms with van der Waals surface area (Å²) in [5.74, 6) is 0.322. The number of para-hydroxylation sites is 1. The van der Waals surface area contributed by atoms with Gasteiger partial charge in [-0.25, -0.2) is 8.42 Å². The molecule has 0 unspecified atom stereocenters. The average Bonchev–Trinajstić information content (AvgIpc) is 2.81. The Bertz CT molecular complexity index is 1540. The standard InChI is InChI=1S/C24H17N3O4S/c1-17-9-8-14-27-22(17)26-23(31-18-10-4-2-5-11-18)21(24(27)28)15-20(16-25)32(29,30)19-12-6-3-7-13-19/h2-15H,1H3/b20-15+. The topological polar surface area (TPSA) is 102 Å². The van der Waals surface area contributed by atoms with E-state index < -0.39 is 20.3 Å². The SMILES string of the molecule is Cc1cccn2c(=O)c(/C=C(\C#N)S(=O)(=O)c3ccccc3)c(Oc3ccccc3)nc12. The third-order valence-electron chi connectivity index (χ3n) is 4.74. The van der Waals surface area contributed by atoms with Crippen molar-refractivity contribution < 1.29 is 13.2 Å². The van der Waals surface area contributed by atoms with Gasteiger partial charge in [-0.05, 0) is 48.9 Å². The van der Waals surface area contributed by atoms with Gasteiger partial charge in [0, 0.05) is 6.20 Å². The van der Waals surface area contributed by atoms with Crippen molar-refractivity contribution in [3.8, 4) is 17.7 Å². The Balaban J connectivity index is 1.98. The lowest BCUT2D eigenvalue weighted by Crippen LogP contribution is -2.20. The summed E-state index contributed by atoms with van der Waals surface area (Å²) in [6, 6.07) is 21.4. The fourth-order valence-corrected chi connectivity index (χ4v) is 4.28. The second kappa shape index (κ2) is 8.49. The maximum absolute atomic E-state index is 13.3. The molecule has 2 aromatic carbocycles. The molecular weight excluding hydrogens is 426 g/mol. The summed E-state index contributed by atoms with van der Waals surface area (Å²) in [6.07, 6.45) is 2.55. The average molecular weight is 443 g/mol. The predicted molar refractivity (Wildman–Crippen MR) is 120 cm³/mol. The molecule has 0 radical (unpaired) electrons. The van der Waals surface area contributed by atoms with E-state index in [-0.39, 0.29) is 16.3 Å². The lowest BCUT2D eigenvalue weighted by molar-refractivity contribution is 0.461. The molecule has 0 spiro atoms. The van der Waals surface area contributed by atoms with Crippen LogP contribution in [0.4, 0.5) is 0 Å². The summed E-state index contributed by atoms with van der Waals surface area (Å²) in [4.78, 5) is 17.1. The van der Waals surface area contributed by atoms with Crippen LogP contribution in [-0.4, -0.2) is 17.8 Å². The number of aromatic nitrogens is 2. The fourth-order valence-electron chi connectivity index (χ4n) is 3.12. The highest BCUT2D eigenvalue weighted by atomic mass is 32.2. The third kappa shape index (κ3) is 3.89.